The Morgan fingerprint density at radius 3 is 2.79 bits per heavy atom. The number of halogens is 3. The van der Waals surface area contributed by atoms with E-state index in [2.05, 4.69) is 10.3 Å². The van der Waals surface area contributed by atoms with Crippen LogP contribution in [0.15, 0.2) is 12.3 Å². The number of aromatic nitrogens is 1. The second-order valence-electron chi connectivity index (χ2n) is 6.38. The van der Waals surface area contributed by atoms with E-state index in [-0.39, 0.29) is 24.3 Å². The first-order valence-electron chi connectivity index (χ1n) is 8.00. The molecule has 24 heavy (non-hydrogen) atoms. The Balaban J connectivity index is 1.85. The van der Waals surface area contributed by atoms with Crippen molar-refractivity contribution >= 4 is 11.7 Å². The summed E-state index contributed by atoms with van der Waals surface area (Å²) >= 11 is 0. The smallest absolute Gasteiger partial charge is 0.379 e. The fraction of sp³-hybridized carbons (Fsp3) is 0.625. The third kappa shape index (κ3) is 3.63. The third-order valence-electron chi connectivity index (χ3n) is 4.57. The van der Waals surface area contributed by atoms with Crippen LogP contribution >= 0.6 is 0 Å². The van der Waals surface area contributed by atoms with Gasteiger partial charge in [-0.05, 0) is 30.9 Å². The highest BCUT2D eigenvalue weighted by atomic mass is 19.4. The van der Waals surface area contributed by atoms with E-state index in [0.29, 0.717) is 37.6 Å². The van der Waals surface area contributed by atoms with Crippen LogP contribution in [-0.4, -0.2) is 48.6 Å². The lowest BCUT2D eigenvalue weighted by atomic mass is 9.97. The molecular formula is C16H20F3N3O2. The highest BCUT2D eigenvalue weighted by Gasteiger charge is 2.34. The van der Waals surface area contributed by atoms with E-state index in [0.717, 1.165) is 18.7 Å². The maximum Gasteiger partial charge on any atom is 0.417 e. The maximum atomic E-state index is 13.0. The van der Waals surface area contributed by atoms with Crippen molar-refractivity contribution in [2.24, 2.45) is 5.92 Å². The zero-order valence-corrected chi connectivity index (χ0v) is 13.4. The number of ether oxygens (including phenoxy) is 1. The molecule has 2 unspecified atom stereocenters. The molecule has 0 spiro atoms. The Hall–Kier alpha value is -1.83. The number of carbonyl (C=O) groups is 1. The van der Waals surface area contributed by atoms with E-state index in [4.69, 9.17) is 4.74 Å². The largest absolute Gasteiger partial charge is 0.417 e. The molecule has 3 heterocycles. The van der Waals surface area contributed by atoms with Crippen molar-refractivity contribution in [3.8, 4) is 0 Å². The van der Waals surface area contributed by atoms with Crippen molar-refractivity contribution in [1.29, 1.82) is 0 Å². The zero-order valence-electron chi connectivity index (χ0n) is 13.4. The fourth-order valence-corrected chi connectivity index (χ4v) is 3.14. The number of nitrogens with one attached hydrogen (secondary N) is 1. The predicted molar refractivity (Wildman–Crippen MR) is 81.5 cm³/mol. The van der Waals surface area contributed by atoms with Crippen LogP contribution in [0.1, 0.15) is 24.0 Å². The second-order valence-corrected chi connectivity index (χ2v) is 6.38. The van der Waals surface area contributed by atoms with Crippen LogP contribution < -0.4 is 5.32 Å². The van der Waals surface area contributed by atoms with Crippen LogP contribution in [0.3, 0.4) is 0 Å². The van der Waals surface area contributed by atoms with Crippen molar-refractivity contribution in [1.82, 2.24) is 9.88 Å². The van der Waals surface area contributed by atoms with E-state index < -0.39 is 11.7 Å². The van der Waals surface area contributed by atoms with E-state index in [1.165, 1.54) is 0 Å². The molecule has 0 aromatic carbocycles. The summed E-state index contributed by atoms with van der Waals surface area (Å²) in [4.78, 5) is 17.7. The Kier molecular flexibility index (Phi) is 4.67. The van der Waals surface area contributed by atoms with Crippen LogP contribution in [0.5, 0.6) is 0 Å². The number of amides is 1. The van der Waals surface area contributed by atoms with Crippen LogP contribution in [0.2, 0.25) is 0 Å². The lowest BCUT2D eigenvalue weighted by Gasteiger charge is -2.18. The summed E-state index contributed by atoms with van der Waals surface area (Å²) in [7, 11) is 1.71. The number of carbonyl (C=O) groups excluding carboxylic acids is 1. The summed E-state index contributed by atoms with van der Waals surface area (Å²) in [5, 5.41) is 3.16. The molecule has 132 valence electrons. The summed E-state index contributed by atoms with van der Waals surface area (Å²) in [6.07, 6.45) is -1.92. The van der Waals surface area contributed by atoms with Crippen molar-refractivity contribution in [3.63, 3.8) is 0 Å². The third-order valence-corrected chi connectivity index (χ3v) is 4.57. The van der Waals surface area contributed by atoms with Gasteiger partial charge in [-0.1, -0.05) is 0 Å². The number of alkyl halides is 3. The molecule has 2 fully saturated rings. The molecule has 8 heteroatoms. The van der Waals surface area contributed by atoms with E-state index in [9.17, 15) is 18.0 Å². The molecule has 2 aliphatic heterocycles. The Morgan fingerprint density at radius 1 is 1.42 bits per heavy atom. The fourth-order valence-electron chi connectivity index (χ4n) is 3.14. The summed E-state index contributed by atoms with van der Waals surface area (Å²) in [6.45, 7) is 1.77. The lowest BCUT2D eigenvalue weighted by molar-refractivity contribution is -0.137. The zero-order chi connectivity index (χ0) is 17.3. The van der Waals surface area contributed by atoms with Gasteiger partial charge in [0.05, 0.1) is 18.2 Å². The molecule has 3 rings (SSSR count). The highest BCUT2D eigenvalue weighted by Crippen LogP contribution is 2.33. The first kappa shape index (κ1) is 17.0. The molecule has 0 bridgehead atoms. The molecule has 0 radical (unpaired) electrons. The molecule has 2 saturated heterocycles. The number of anilines is 1. The Bertz CT molecular complexity index is 615. The van der Waals surface area contributed by atoms with E-state index in [1.54, 1.807) is 11.9 Å². The van der Waals surface area contributed by atoms with Crippen molar-refractivity contribution in [3.05, 3.63) is 23.4 Å². The molecule has 1 aromatic heterocycles. The molecule has 1 N–H and O–H groups in total. The summed E-state index contributed by atoms with van der Waals surface area (Å²) in [6, 6.07) is 1.14. The number of pyridine rings is 1. The molecular weight excluding hydrogens is 323 g/mol. The van der Waals surface area contributed by atoms with Crippen LogP contribution in [0.4, 0.5) is 19.0 Å². The van der Waals surface area contributed by atoms with Gasteiger partial charge >= 0.3 is 6.18 Å². The summed E-state index contributed by atoms with van der Waals surface area (Å²) in [5.74, 6) is 0.101. The van der Waals surface area contributed by atoms with Gasteiger partial charge in [0, 0.05) is 32.3 Å². The van der Waals surface area contributed by atoms with Gasteiger partial charge in [-0.25, -0.2) is 4.98 Å². The normalized spacial score (nSPS) is 24.7. The second kappa shape index (κ2) is 6.58. The SMILES string of the molecule is CN1CCC(Cc2cc(C(F)(F)F)cnc2NC2CCOC2)C1=O. The quantitative estimate of drug-likeness (QED) is 0.912. The minimum Gasteiger partial charge on any atom is -0.379 e. The minimum absolute atomic E-state index is 0.0254. The summed E-state index contributed by atoms with van der Waals surface area (Å²) in [5.41, 5.74) is -0.352. The predicted octanol–water partition coefficient (Wildman–Crippen LogP) is 2.32. The number of hydrogen-bond donors (Lipinski definition) is 1. The molecule has 1 amide bonds. The van der Waals surface area contributed by atoms with Gasteiger partial charge in [-0.15, -0.1) is 0 Å². The van der Waals surface area contributed by atoms with Gasteiger partial charge in [0.25, 0.3) is 0 Å². The molecule has 0 saturated carbocycles. The minimum atomic E-state index is -4.45. The lowest BCUT2D eigenvalue weighted by Crippen LogP contribution is -2.25. The van der Waals surface area contributed by atoms with Crippen molar-refractivity contribution in [2.75, 3.05) is 32.1 Å². The molecule has 1 aromatic rings. The maximum absolute atomic E-state index is 13.0. The van der Waals surface area contributed by atoms with Gasteiger partial charge in [0.1, 0.15) is 5.82 Å². The van der Waals surface area contributed by atoms with Gasteiger partial charge in [-0.3, -0.25) is 4.79 Å². The number of nitrogens with zero attached hydrogens (tertiary/aromatic N) is 2. The monoisotopic (exact) mass is 343 g/mol. The molecule has 2 aliphatic rings. The van der Waals surface area contributed by atoms with Gasteiger partial charge in [0.2, 0.25) is 5.91 Å². The van der Waals surface area contributed by atoms with E-state index >= 15 is 0 Å². The van der Waals surface area contributed by atoms with Crippen molar-refractivity contribution < 1.29 is 22.7 Å². The van der Waals surface area contributed by atoms with Gasteiger partial charge in [0.15, 0.2) is 0 Å². The highest BCUT2D eigenvalue weighted by molar-refractivity contribution is 5.81. The molecule has 5 nitrogen and oxygen atoms in total. The van der Waals surface area contributed by atoms with Gasteiger partial charge < -0.3 is 15.0 Å². The molecule has 2 atom stereocenters. The first-order valence-corrected chi connectivity index (χ1v) is 8.00. The summed E-state index contributed by atoms with van der Waals surface area (Å²) < 4.78 is 44.3. The van der Waals surface area contributed by atoms with Crippen LogP contribution in [0, 0.1) is 5.92 Å². The molecule has 0 aliphatic carbocycles. The van der Waals surface area contributed by atoms with Gasteiger partial charge in [-0.2, -0.15) is 13.2 Å². The van der Waals surface area contributed by atoms with Crippen LogP contribution in [-0.2, 0) is 22.1 Å². The standard InChI is InChI=1S/C16H20F3N3O2/c1-22-4-2-10(15(22)23)6-11-7-12(16(17,18)19)8-20-14(11)21-13-3-5-24-9-13/h7-8,10,13H,2-6,9H2,1H3,(H,20,21). The Morgan fingerprint density at radius 2 is 2.21 bits per heavy atom. The number of hydrogen-bond acceptors (Lipinski definition) is 4. The van der Waals surface area contributed by atoms with E-state index in [1.807, 2.05) is 0 Å². The average Bonchev–Trinajstić information content (AvgIpc) is 3.13. The first-order chi connectivity index (χ1) is 11.3. The number of rotatable bonds is 4. The van der Waals surface area contributed by atoms with Crippen LogP contribution in [0.25, 0.3) is 0 Å². The topological polar surface area (TPSA) is 54.5 Å². The average molecular weight is 343 g/mol. The number of likely N-dealkylation sites (tertiary alicyclic amines) is 1. The van der Waals surface area contributed by atoms with Crippen molar-refractivity contribution in [2.45, 2.75) is 31.5 Å². The Labute approximate surface area is 138 Å².